The van der Waals surface area contributed by atoms with Gasteiger partial charge in [0.25, 0.3) is 0 Å². The van der Waals surface area contributed by atoms with Gasteiger partial charge in [0.2, 0.25) is 0 Å². The van der Waals surface area contributed by atoms with Crippen molar-refractivity contribution in [1.29, 1.82) is 0 Å². The fraction of sp³-hybridized carbons (Fsp3) is 0.636. The van der Waals surface area contributed by atoms with E-state index in [0.29, 0.717) is 12.0 Å². The molecule has 13 heavy (non-hydrogen) atoms. The SMILES string of the molecule is CC1=CCC(CC2CCO2)C(Br)=C1. The second-order valence-corrected chi connectivity index (χ2v) is 4.84. The van der Waals surface area contributed by atoms with Crippen molar-refractivity contribution < 1.29 is 4.74 Å². The van der Waals surface area contributed by atoms with E-state index >= 15 is 0 Å². The first-order valence-corrected chi connectivity index (χ1v) is 5.70. The fourth-order valence-corrected chi connectivity index (χ4v) is 2.57. The maximum atomic E-state index is 5.44. The average Bonchev–Trinajstić information content (AvgIpc) is 1.99. The minimum Gasteiger partial charge on any atom is -0.378 e. The van der Waals surface area contributed by atoms with Gasteiger partial charge in [0.05, 0.1) is 6.10 Å². The predicted octanol–water partition coefficient (Wildman–Crippen LogP) is 3.41. The Labute approximate surface area is 88.0 Å². The molecule has 0 aromatic carbocycles. The van der Waals surface area contributed by atoms with E-state index in [1.807, 2.05) is 0 Å². The van der Waals surface area contributed by atoms with Crippen molar-refractivity contribution in [3.05, 3.63) is 22.2 Å². The van der Waals surface area contributed by atoms with Crippen LogP contribution in [-0.4, -0.2) is 12.7 Å². The lowest BCUT2D eigenvalue weighted by molar-refractivity contribution is -0.0600. The Bertz CT molecular complexity index is 251. The molecular formula is C11H15BrO. The van der Waals surface area contributed by atoms with Crippen LogP contribution >= 0.6 is 15.9 Å². The molecule has 1 saturated heterocycles. The molecule has 2 rings (SSSR count). The highest BCUT2D eigenvalue weighted by Gasteiger charge is 2.24. The van der Waals surface area contributed by atoms with Crippen LogP contribution < -0.4 is 0 Å². The van der Waals surface area contributed by atoms with Crippen molar-refractivity contribution in [1.82, 2.24) is 0 Å². The van der Waals surface area contributed by atoms with Crippen LogP contribution in [0, 0.1) is 5.92 Å². The zero-order valence-electron chi connectivity index (χ0n) is 7.92. The monoisotopic (exact) mass is 242 g/mol. The van der Waals surface area contributed by atoms with Crippen LogP contribution in [0.4, 0.5) is 0 Å². The highest BCUT2D eigenvalue weighted by Crippen LogP contribution is 2.34. The van der Waals surface area contributed by atoms with Crippen LogP contribution in [0.15, 0.2) is 22.2 Å². The first kappa shape index (κ1) is 9.47. The maximum absolute atomic E-state index is 5.44. The number of allylic oxidation sites excluding steroid dienone is 4. The third kappa shape index (κ3) is 2.23. The Morgan fingerprint density at radius 3 is 2.92 bits per heavy atom. The summed E-state index contributed by atoms with van der Waals surface area (Å²) in [6.07, 6.45) is 8.67. The van der Waals surface area contributed by atoms with Crippen molar-refractivity contribution in [3.8, 4) is 0 Å². The van der Waals surface area contributed by atoms with Crippen LogP contribution in [0.1, 0.15) is 26.2 Å². The number of halogens is 1. The molecule has 1 fully saturated rings. The highest BCUT2D eigenvalue weighted by molar-refractivity contribution is 9.11. The molecule has 0 aromatic heterocycles. The third-order valence-corrected chi connectivity index (χ3v) is 3.70. The summed E-state index contributed by atoms with van der Waals surface area (Å²) in [5.41, 5.74) is 1.37. The van der Waals surface area contributed by atoms with Crippen molar-refractivity contribution in [3.63, 3.8) is 0 Å². The fourth-order valence-electron chi connectivity index (χ4n) is 1.83. The second-order valence-electron chi connectivity index (χ2n) is 3.93. The minimum atomic E-state index is 0.526. The molecule has 0 aromatic rings. The van der Waals surface area contributed by atoms with Gasteiger partial charge in [-0.05, 0) is 42.7 Å². The van der Waals surface area contributed by atoms with Crippen molar-refractivity contribution >= 4 is 15.9 Å². The molecule has 0 saturated carbocycles. The van der Waals surface area contributed by atoms with E-state index in [-0.39, 0.29) is 0 Å². The normalized spacial score (nSPS) is 33.4. The zero-order valence-corrected chi connectivity index (χ0v) is 9.51. The summed E-state index contributed by atoms with van der Waals surface area (Å²) in [5, 5.41) is 0. The summed E-state index contributed by atoms with van der Waals surface area (Å²) in [6, 6.07) is 0. The molecule has 0 N–H and O–H groups in total. The molecule has 0 bridgehead atoms. The van der Waals surface area contributed by atoms with Gasteiger partial charge < -0.3 is 4.74 Å². The number of ether oxygens (including phenoxy) is 1. The molecule has 1 aliphatic carbocycles. The summed E-state index contributed by atoms with van der Waals surface area (Å²) >= 11 is 3.64. The van der Waals surface area contributed by atoms with E-state index in [1.54, 1.807) is 0 Å². The van der Waals surface area contributed by atoms with Crippen molar-refractivity contribution in [2.45, 2.75) is 32.3 Å². The van der Waals surface area contributed by atoms with Gasteiger partial charge in [-0.2, -0.15) is 0 Å². The molecule has 2 unspecified atom stereocenters. The smallest absolute Gasteiger partial charge is 0.0603 e. The summed E-state index contributed by atoms with van der Waals surface area (Å²) in [4.78, 5) is 0. The molecule has 1 nitrogen and oxygen atoms in total. The molecule has 2 atom stereocenters. The molecule has 0 radical (unpaired) electrons. The molecule has 1 heterocycles. The van der Waals surface area contributed by atoms with E-state index in [0.717, 1.165) is 6.61 Å². The van der Waals surface area contributed by atoms with Gasteiger partial charge in [0.1, 0.15) is 0 Å². The van der Waals surface area contributed by atoms with Gasteiger partial charge in [0, 0.05) is 6.61 Å². The number of hydrogen-bond donors (Lipinski definition) is 0. The van der Waals surface area contributed by atoms with Gasteiger partial charge in [-0.3, -0.25) is 0 Å². The molecule has 1 aliphatic heterocycles. The Kier molecular flexibility index (Phi) is 2.89. The van der Waals surface area contributed by atoms with Crippen LogP contribution in [0.2, 0.25) is 0 Å². The van der Waals surface area contributed by atoms with E-state index in [9.17, 15) is 0 Å². The Morgan fingerprint density at radius 2 is 2.38 bits per heavy atom. The molecule has 2 heteroatoms. The zero-order chi connectivity index (χ0) is 9.26. The number of hydrogen-bond acceptors (Lipinski definition) is 1. The molecular weight excluding hydrogens is 228 g/mol. The van der Waals surface area contributed by atoms with Gasteiger partial charge in [-0.15, -0.1) is 0 Å². The Morgan fingerprint density at radius 1 is 1.62 bits per heavy atom. The number of rotatable bonds is 2. The van der Waals surface area contributed by atoms with Gasteiger partial charge >= 0.3 is 0 Å². The standard InChI is InChI=1S/C11H15BrO/c1-8-2-3-9(11(12)6-8)7-10-4-5-13-10/h2,6,9-10H,3-5,7H2,1H3. The Hall–Kier alpha value is -0.0800. The lowest BCUT2D eigenvalue weighted by atomic mass is 9.90. The highest BCUT2D eigenvalue weighted by atomic mass is 79.9. The van der Waals surface area contributed by atoms with Crippen LogP contribution in [0.25, 0.3) is 0 Å². The van der Waals surface area contributed by atoms with E-state index in [1.165, 1.54) is 29.3 Å². The van der Waals surface area contributed by atoms with Crippen molar-refractivity contribution in [2.24, 2.45) is 5.92 Å². The quantitative estimate of drug-likeness (QED) is 0.722. The van der Waals surface area contributed by atoms with Gasteiger partial charge in [-0.25, -0.2) is 0 Å². The first-order chi connectivity index (χ1) is 6.25. The van der Waals surface area contributed by atoms with E-state index in [2.05, 4.69) is 35.0 Å². The first-order valence-electron chi connectivity index (χ1n) is 4.91. The largest absolute Gasteiger partial charge is 0.378 e. The minimum absolute atomic E-state index is 0.526. The predicted molar refractivity (Wildman–Crippen MR) is 57.8 cm³/mol. The molecule has 0 amide bonds. The van der Waals surface area contributed by atoms with E-state index < -0.39 is 0 Å². The third-order valence-electron chi connectivity index (χ3n) is 2.82. The molecule has 2 aliphatic rings. The lowest BCUT2D eigenvalue weighted by Gasteiger charge is -2.31. The summed E-state index contributed by atoms with van der Waals surface area (Å²) < 4.78 is 6.79. The van der Waals surface area contributed by atoms with Gasteiger partial charge in [-0.1, -0.05) is 27.6 Å². The second kappa shape index (κ2) is 3.97. The molecule has 72 valence electrons. The van der Waals surface area contributed by atoms with Gasteiger partial charge in [0.15, 0.2) is 0 Å². The summed E-state index contributed by atoms with van der Waals surface area (Å²) in [5.74, 6) is 0.661. The lowest BCUT2D eigenvalue weighted by Crippen LogP contribution is -2.29. The van der Waals surface area contributed by atoms with Crippen LogP contribution in [-0.2, 0) is 4.74 Å². The maximum Gasteiger partial charge on any atom is 0.0603 e. The summed E-state index contributed by atoms with van der Waals surface area (Å²) in [7, 11) is 0. The molecule has 0 spiro atoms. The average molecular weight is 243 g/mol. The topological polar surface area (TPSA) is 9.23 Å². The summed E-state index contributed by atoms with van der Waals surface area (Å²) in [6.45, 7) is 3.12. The van der Waals surface area contributed by atoms with Crippen molar-refractivity contribution in [2.75, 3.05) is 6.61 Å². The Balaban J connectivity index is 1.90. The van der Waals surface area contributed by atoms with Crippen LogP contribution in [0.3, 0.4) is 0 Å². The van der Waals surface area contributed by atoms with Crippen LogP contribution in [0.5, 0.6) is 0 Å². The van der Waals surface area contributed by atoms with E-state index in [4.69, 9.17) is 4.74 Å².